The number of hydrogen-bond donors (Lipinski definition) is 0. The molecule has 0 bridgehead atoms. The zero-order valence-electron chi connectivity index (χ0n) is 66.2. The summed E-state index contributed by atoms with van der Waals surface area (Å²) < 4.78 is 51.9. The van der Waals surface area contributed by atoms with E-state index in [0.717, 1.165) is 70.8 Å². The Labute approximate surface area is 604 Å². The Balaban J connectivity index is 0.000000176. The number of ether oxygens (including phenoxy) is 9. The molecule has 11 heteroatoms. The first-order valence-electron chi connectivity index (χ1n) is 38.0. The lowest BCUT2D eigenvalue weighted by molar-refractivity contribution is -0.150. The van der Waals surface area contributed by atoms with Crippen molar-refractivity contribution >= 4 is 22.9 Å². The predicted octanol–water partition coefficient (Wildman–Crippen LogP) is 23.9. The number of methoxy groups -OCH3 is 1. The second-order valence-corrected chi connectivity index (χ2v) is 33.6. The van der Waals surface area contributed by atoms with E-state index in [9.17, 15) is 9.59 Å². The van der Waals surface area contributed by atoms with Crippen LogP contribution in [0.4, 0.5) is 4.79 Å². The third-order valence-corrected chi connectivity index (χ3v) is 21.4. The maximum Gasteiger partial charge on any atom is 0.514 e. The van der Waals surface area contributed by atoms with E-state index in [1.54, 1.807) is 7.11 Å². The monoisotopic (exact) mass is 1370 g/mol. The minimum atomic E-state index is -0.647. The Bertz CT molecular complexity index is 3610. The first-order valence-corrected chi connectivity index (χ1v) is 38.0. The lowest BCUT2D eigenvalue weighted by Crippen LogP contribution is -2.32. The molecule has 100 heavy (non-hydrogen) atoms. The van der Waals surface area contributed by atoms with Gasteiger partial charge in [0.1, 0.15) is 51.3 Å². The highest BCUT2D eigenvalue weighted by molar-refractivity contribution is 5.95. The summed E-state index contributed by atoms with van der Waals surface area (Å²) in [6.45, 7) is 50.8. The van der Waals surface area contributed by atoms with Gasteiger partial charge in [0.2, 0.25) is 12.6 Å². The van der Waals surface area contributed by atoms with E-state index in [0.29, 0.717) is 59.0 Å². The summed E-state index contributed by atoms with van der Waals surface area (Å²) in [5.41, 5.74) is 10.1. The maximum absolute atomic E-state index is 12.4. The Morgan fingerprint density at radius 1 is 0.450 bits per heavy atom. The third-order valence-electron chi connectivity index (χ3n) is 21.4. The first kappa shape index (κ1) is 80.7. The van der Waals surface area contributed by atoms with Crippen molar-refractivity contribution in [3.63, 3.8) is 0 Å². The van der Waals surface area contributed by atoms with Gasteiger partial charge in [-0.05, 0) is 273 Å². The molecule has 1 saturated carbocycles. The predicted molar refractivity (Wildman–Crippen MR) is 410 cm³/mol. The minimum Gasteiger partial charge on any atom is -0.488 e. The molecule has 6 aromatic carbocycles. The van der Waals surface area contributed by atoms with E-state index >= 15 is 0 Å². The highest BCUT2D eigenvalue weighted by Gasteiger charge is 2.33. The molecule has 0 radical (unpaired) electrons. The zero-order chi connectivity index (χ0) is 73.8. The summed E-state index contributed by atoms with van der Waals surface area (Å²) >= 11 is 0. The molecule has 0 spiro atoms. The van der Waals surface area contributed by atoms with Crippen molar-refractivity contribution in [1.29, 1.82) is 0 Å². The fraction of sp³-hybridized carbons (Fsp3) is 0.596. The van der Waals surface area contributed by atoms with Crippen molar-refractivity contribution in [2.24, 2.45) is 40.9 Å². The number of esters is 1. The van der Waals surface area contributed by atoms with E-state index in [-0.39, 0.29) is 29.8 Å². The van der Waals surface area contributed by atoms with Crippen LogP contribution < -0.4 is 28.4 Å². The van der Waals surface area contributed by atoms with Crippen molar-refractivity contribution < 1.29 is 52.2 Å². The molecule has 10 atom stereocenters. The van der Waals surface area contributed by atoms with Crippen LogP contribution in [0.15, 0.2) is 109 Å². The van der Waals surface area contributed by atoms with Crippen molar-refractivity contribution in [2.75, 3.05) is 7.11 Å². The van der Waals surface area contributed by atoms with Crippen LogP contribution in [0.25, 0.3) is 10.8 Å². The number of benzene rings is 6. The lowest BCUT2D eigenvalue weighted by Gasteiger charge is -2.30. The SMILES string of the molecule is CC(C)C(Oc1ccc2c(c1)CC(C)C2C)OC1CCCCC1.CC1Cc2cc(OC(=O)OC(C)(C)C)ccc2C1C.CCC(C)(C)C(=O)Oc1cccc2c(OC(C)(C)C)cccc12.CCC(C)(C)Oc1ccc2c(c1)CC(C)C2C.COC(Oc1ccc2c(c1)C(C)C(C)C2)C(C)C. The van der Waals surface area contributed by atoms with Crippen LogP contribution in [0.3, 0.4) is 0 Å². The van der Waals surface area contributed by atoms with Crippen LogP contribution in [-0.2, 0) is 44.7 Å². The molecule has 0 saturated heterocycles. The van der Waals surface area contributed by atoms with Crippen LogP contribution in [0.5, 0.6) is 34.5 Å². The largest absolute Gasteiger partial charge is 0.514 e. The molecule has 11 rings (SSSR count). The molecule has 6 aromatic rings. The van der Waals surface area contributed by atoms with Crippen molar-refractivity contribution in [1.82, 2.24) is 0 Å². The Morgan fingerprint density at radius 3 is 1.38 bits per heavy atom. The van der Waals surface area contributed by atoms with Gasteiger partial charge in [0, 0.05) is 29.7 Å². The molecule has 0 heterocycles. The van der Waals surface area contributed by atoms with Crippen molar-refractivity contribution in [3.05, 3.63) is 154 Å². The Morgan fingerprint density at radius 2 is 0.890 bits per heavy atom. The summed E-state index contributed by atoms with van der Waals surface area (Å²) in [6, 6.07) is 37.1. The standard InChI is InChI=1S/C21H32O2.C20H26O3.C16H22O3.C16H24O2.C16H24O/c1-14(2)21(22-18-8-6-5-7-9-18)23-19-10-11-20-16(4)15(3)12-17(20)13-19;1-7-20(5,6)18(21)22-16-12-8-11-15-14(16)10-9-13-17(15)23-19(2,3)4;1-10-8-12-9-13(6-7-14(12)11(10)2)18-15(17)19-16(3,4)5;1-10(2)16(17-5)18-14-7-6-13-8-11(3)12(4)15(13)9-14;1-6-16(4,5)17-14-7-8-15-12(3)11(2)9-13(15)10-14/h10-11,13-16,18,21H,5-9,12H2,1-4H3;8-13H,7H2,1-6H3;6-7,9-11H,8H2,1-5H3;6-7,9-12,16H,8H2,1-5H3;7-8,10-12H,6,9H2,1-5H3. The Kier molecular flexibility index (Phi) is 28.3. The molecule has 550 valence electrons. The molecule has 0 amide bonds. The van der Waals surface area contributed by atoms with Crippen molar-refractivity contribution in [3.8, 4) is 34.5 Å². The van der Waals surface area contributed by atoms with Crippen molar-refractivity contribution in [2.45, 2.75) is 296 Å². The molecular weight excluding hydrogens is 1240 g/mol. The average Bonchev–Trinajstić information content (AvgIpc) is 1.16. The zero-order valence-corrected chi connectivity index (χ0v) is 66.2. The van der Waals surface area contributed by atoms with Gasteiger partial charge < -0.3 is 42.6 Å². The van der Waals surface area contributed by atoms with Gasteiger partial charge in [-0.15, -0.1) is 0 Å². The van der Waals surface area contributed by atoms with Crippen LogP contribution in [0, 0.1) is 40.9 Å². The number of fused-ring (bicyclic) bond motifs is 5. The first-order chi connectivity index (χ1) is 46.9. The minimum absolute atomic E-state index is 0.0654. The maximum atomic E-state index is 12.4. The van der Waals surface area contributed by atoms with Gasteiger partial charge in [-0.3, -0.25) is 4.79 Å². The van der Waals surface area contributed by atoms with E-state index in [2.05, 4.69) is 165 Å². The number of carbonyl (C=O) groups excluding carboxylic acids is 2. The quantitative estimate of drug-likeness (QED) is 0.0376. The van der Waals surface area contributed by atoms with E-state index in [1.807, 2.05) is 111 Å². The number of carbonyl (C=O) groups is 2. The second kappa shape index (κ2) is 35.1. The van der Waals surface area contributed by atoms with E-state index in [4.69, 9.17) is 42.6 Å². The molecule has 5 aliphatic carbocycles. The fourth-order valence-electron chi connectivity index (χ4n) is 13.7. The van der Waals surface area contributed by atoms with Crippen LogP contribution in [-0.4, -0.2) is 54.7 Å². The van der Waals surface area contributed by atoms with Crippen LogP contribution >= 0.6 is 0 Å². The van der Waals surface area contributed by atoms with Gasteiger partial charge in [-0.2, -0.15) is 0 Å². The fourth-order valence-corrected chi connectivity index (χ4v) is 13.7. The molecule has 1 fully saturated rings. The van der Waals surface area contributed by atoms with Crippen LogP contribution in [0.2, 0.25) is 0 Å². The number of rotatable bonds is 17. The summed E-state index contributed by atoms with van der Waals surface area (Å²) in [7, 11) is 1.70. The summed E-state index contributed by atoms with van der Waals surface area (Å²) in [4.78, 5) is 24.0. The Hall–Kier alpha value is -6.56. The third kappa shape index (κ3) is 22.5. The van der Waals surface area contributed by atoms with Gasteiger partial charge >= 0.3 is 12.1 Å². The van der Waals surface area contributed by atoms with E-state index < -0.39 is 17.2 Å². The summed E-state index contributed by atoms with van der Waals surface area (Å²) in [5, 5.41) is 1.83. The van der Waals surface area contributed by atoms with Gasteiger partial charge in [-0.1, -0.05) is 165 Å². The number of hydrogen-bond acceptors (Lipinski definition) is 11. The molecule has 11 nitrogen and oxygen atoms in total. The van der Waals surface area contributed by atoms with Crippen LogP contribution in [0.1, 0.15) is 279 Å². The highest BCUT2D eigenvalue weighted by atomic mass is 16.7. The topological polar surface area (TPSA) is 117 Å². The molecule has 10 unspecified atom stereocenters. The summed E-state index contributed by atoms with van der Waals surface area (Å²) in [5.74, 6) is 10.8. The van der Waals surface area contributed by atoms with Gasteiger partial charge in [0.25, 0.3) is 0 Å². The molecular formula is C89H128O11. The van der Waals surface area contributed by atoms with Gasteiger partial charge in [-0.25, -0.2) is 4.79 Å². The lowest BCUT2D eigenvalue weighted by atomic mass is 9.90. The molecule has 0 aromatic heterocycles. The normalized spacial score (nSPS) is 21.4. The van der Waals surface area contributed by atoms with E-state index in [1.165, 1.54) is 95.9 Å². The summed E-state index contributed by atoms with van der Waals surface area (Å²) in [6.07, 6.45) is 12.1. The van der Waals surface area contributed by atoms with Gasteiger partial charge in [0.15, 0.2) is 0 Å². The average molecular weight is 1370 g/mol. The van der Waals surface area contributed by atoms with Gasteiger partial charge in [0.05, 0.1) is 11.5 Å². The molecule has 0 aliphatic heterocycles. The molecule has 0 N–H and O–H groups in total. The highest BCUT2D eigenvalue weighted by Crippen LogP contribution is 2.44. The smallest absolute Gasteiger partial charge is 0.488 e. The second-order valence-electron chi connectivity index (χ2n) is 33.6. The molecule has 5 aliphatic rings.